The van der Waals surface area contributed by atoms with E-state index in [-0.39, 0.29) is 0 Å². The number of hydrogen-bond donors (Lipinski definition) is 2. The molecule has 4 nitrogen and oxygen atoms in total. The molecule has 188 valence electrons. The summed E-state index contributed by atoms with van der Waals surface area (Å²) in [6.45, 7) is 4.92. The molecule has 4 heteroatoms. The molecule has 2 aromatic carbocycles. The molecule has 0 bridgehead atoms. The van der Waals surface area contributed by atoms with Gasteiger partial charge in [0.1, 0.15) is 5.75 Å². The summed E-state index contributed by atoms with van der Waals surface area (Å²) in [7, 11) is 0. The van der Waals surface area contributed by atoms with Gasteiger partial charge in [0.2, 0.25) is 0 Å². The van der Waals surface area contributed by atoms with Gasteiger partial charge in [-0.25, -0.2) is 0 Å². The van der Waals surface area contributed by atoms with Crippen LogP contribution in [0.15, 0.2) is 71.5 Å². The van der Waals surface area contributed by atoms with Crippen molar-refractivity contribution < 1.29 is 4.74 Å². The number of aromatic amines is 2. The molecule has 0 fully saturated rings. The molecule has 0 saturated heterocycles. The molecule has 2 N–H and O–H groups in total. The Balaban J connectivity index is 1.10. The number of nitrogens with zero attached hydrogens (tertiary/aromatic N) is 1. The van der Waals surface area contributed by atoms with Crippen molar-refractivity contribution in [2.24, 2.45) is 4.99 Å². The molecular weight excluding hydrogens is 442 g/mol. The number of ether oxygens (including phenoxy) is 1. The fraction of sp³-hybridized carbons (Fsp3) is 0.406. The lowest BCUT2D eigenvalue weighted by Crippen LogP contribution is -2.10. The largest absolute Gasteiger partial charge is 0.494 e. The molecule has 1 atom stereocenters. The summed E-state index contributed by atoms with van der Waals surface area (Å²) in [6, 6.07) is 15.7. The quantitative estimate of drug-likeness (QED) is 0.220. The van der Waals surface area contributed by atoms with Crippen molar-refractivity contribution in [1.29, 1.82) is 0 Å². The third kappa shape index (κ3) is 6.10. The molecule has 3 heterocycles. The monoisotopic (exact) mass is 481 g/mol. The van der Waals surface area contributed by atoms with E-state index >= 15 is 0 Å². The van der Waals surface area contributed by atoms with E-state index < -0.39 is 0 Å². The molecule has 1 unspecified atom stereocenters. The Bertz CT molecular complexity index is 1360. The molecule has 0 aliphatic carbocycles. The van der Waals surface area contributed by atoms with Gasteiger partial charge in [-0.1, -0.05) is 24.5 Å². The zero-order chi connectivity index (χ0) is 24.7. The Morgan fingerprint density at radius 1 is 1.00 bits per heavy atom. The van der Waals surface area contributed by atoms with Crippen molar-refractivity contribution in [2.45, 2.75) is 77.7 Å². The van der Waals surface area contributed by atoms with E-state index in [1.807, 2.05) is 19.2 Å². The molecule has 4 aromatic rings. The number of nitrogens with one attached hydrogen (secondary N) is 2. The van der Waals surface area contributed by atoms with Crippen molar-refractivity contribution >= 4 is 27.5 Å². The highest BCUT2D eigenvalue weighted by molar-refractivity contribution is 5.93. The van der Waals surface area contributed by atoms with Gasteiger partial charge < -0.3 is 14.7 Å². The lowest BCUT2D eigenvalue weighted by Gasteiger charge is -2.18. The molecule has 0 amide bonds. The Morgan fingerprint density at radius 2 is 1.92 bits per heavy atom. The summed E-state index contributed by atoms with van der Waals surface area (Å²) in [6.07, 6.45) is 17.2. The van der Waals surface area contributed by atoms with Gasteiger partial charge in [0.25, 0.3) is 0 Å². The van der Waals surface area contributed by atoms with Crippen LogP contribution in [-0.4, -0.2) is 28.3 Å². The molecule has 0 spiro atoms. The van der Waals surface area contributed by atoms with E-state index in [1.165, 1.54) is 89.2 Å². The second-order valence-corrected chi connectivity index (χ2v) is 10.2. The van der Waals surface area contributed by atoms with Crippen molar-refractivity contribution in [3.8, 4) is 5.75 Å². The van der Waals surface area contributed by atoms with Crippen molar-refractivity contribution in [3.05, 3.63) is 77.6 Å². The predicted molar refractivity (Wildman–Crippen MR) is 152 cm³/mol. The first-order valence-corrected chi connectivity index (χ1v) is 13.7. The van der Waals surface area contributed by atoms with Gasteiger partial charge in [0.15, 0.2) is 0 Å². The smallest absolute Gasteiger partial charge is 0.120 e. The van der Waals surface area contributed by atoms with Crippen LogP contribution in [0.5, 0.6) is 5.75 Å². The molecule has 0 radical (unpaired) electrons. The van der Waals surface area contributed by atoms with Gasteiger partial charge in [-0.2, -0.15) is 0 Å². The van der Waals surface area contributed by atoms with E-state index in [4.69, 9.17) is 9.73 Å². The summed E-state index contributed by atoms with van der Waals surface area (Å²) in [5.41, 5.74) is 7.91. The molecule has 0 saturated carbocycles. The fourth-order valence-electron chi connectivity index (χ4n) is 5.64. The average molecular weight is 482 g/mol. The summed E-state index contributed by atoms with van der Waals surface area (Å²) in [5.74, 6) is 0.960. The summed E-state index contributed by atoms with van der Waals surface area (Å²) >= 11 is 0. The SMILES string of the molecule is CCOc1ccc2[nH]cc(CCCCCC3CCCC(Cc4ccc5[nH]ccc5c4)=CC(C)=N3)c2c1. The standard InChI is InChI=1S/C32H39N3O/c1-3-36-29-13-15-32-30(21-29)27(22-34-32)9-5-4-6-10-28-11-7-8-24(18-23(2)35-28)19-25-12-14-31-26(20-25)16-17-33-31/h12-18,20-22,28,33-34H,3-11,19H2,1-2H3. The first-order valence-electron chi connectivity index (χ1n) is 13.7. The average Bonchev–Trinajstić information content (AvgIpc) is 3.49. The first kappa shape index (κ1) is 24.4. The Kier molecular flexibility index (Phi) is 7.90. The Hall–Kier alpha value is -3.27. The lowest BCUT2D eigenvalue weighted by atomic mass is 9.94. The number of H-pyrrole nitrogens is 2. The van der Waals surface area contributed by atoms with E-state index in [0.717, 1.165) is 18.6 Å². The Morgan fingerprint density at radius 3 is 2.83 bits per heavy atom. The van der Waals surface area contributed by atoms with Crippen LogP contribution in [0.3, 0.4) is 0 Å². The van der Waals surface area contributed by atoms with Gasteiger partial charge in [-0.15, -0.1) is 0 Å². The number of aromatic nitrogens is 2. The van der Waals surface area contributed by atoms with Gasteiger partial charge in [0, 0.05) is 34.5 Å². The van der Waals surface area contributed by atoms with E-state index in [2.05, 4.69) is 65.6 Å². The first-order chi connectivity index (χ1) is 17.7. The number of aryl methyl sites for hydroxylation is 1. The number of allylic oxidation sites excluding steroid dienone is 2. The van der Waals surface area contributed by atoms with Crippen molar-refractivity contribution in [2.75, 3.05) is 6.61 Å². The summed E-state index contributed by atoms with van der Waals surface area (Å²) in [4.78, 5) is 11.8. The highest BCUT2D eigenvalue weighted by atomic mass is 16.5. The van der Waals surface area contributed by atoms with Crippen LogP contribution in [-0.2, 0) is 12.8 Å². The minimum atomic E-state index is 0.473. The zero-order valence-corrected chi connectivity index (χ0v) is 21.8. The number of aliphatic imine (C=N–C) groups is 1. The third-order valence-electron chi connectivity index (χ3n) is 7.42. The maximum Gasteiger partial charge on any atom is 0.120 e. The van der Waals surface area contributed by atoms with Crippen LogP contribution in [0.2, 0.25) is 0 Å². The third-order valence-corrected chi connectivity index (χ3v) is 7.42. The molecule has 5 rings (SSSR count). The summed E-state index contributed by atoms with van der Waals surface area (Å²) < 4.78 is 5.69. The van der Waals surface area contributed by atoms with Crippen molar-refractivity contribution in [3.63, 3.8) is 0 Å². The van der Waals surface area contributed by atoms with E-state index in [1.54, 1.807) is 0 Å². The number of benzene rings is 2. The van der Waals surface area contributed by atoms with Crippen LogP contribution in [0.4, 0.5) is 0 Å². The maximum atomic E-state index is 5.69. The lowest BCUT2D eigenvalue weighted by molar-refractivity contribution is 0.340. The second kappa shape index (κ2) is 11.6. The highest BCUT2D eigenvalue weighted by Gasteiger charge is 2.12. The van der Waals surface area contributed by atoms with Crippen LogP contribution >= 0.6 is 0 Å². The summed E-state index contributed by atoms with van der Waals surface area (Å²) in [5, 5.41) is 2.60. The van der Waals surface area contributed by atoms with Gasteiger partial charge in [-0.05, 0) is 118 Å². The minimum Gasteiger partial charge on any atom is -0.494 e. The number of hydrogen-bond acceptors (Lipinski definition) is 2. The van der Waals surface area contributed by atoms with Crippen LogP contribution in [0, 0.1) is 0 Å². The van der Waals surface area contributed by atoms with Gasteiger partial charge in [-0.3, -0.25) is 4.99 Å². The Labute approximate surface area is 214 Å². The van der Waals surface area contributed by atoms with Crippen LogP contribution in [0.1, 0.15) is 69.9 Å². The van der Waals surface area contributed by atoms with Gasteiger partial charge >= 0.3 is 0 Å². The maximum absolute atomic E-state index is 5.69. The van der Waals surface area contributed by atoms with Crippen molar-refractivity contribution in [1.82, 2.24) is 9.97 Å². The number of fused-ring (bicyclic) bond motifs is 2. The highest BCUT2D eigenvalue weighted by Crippen LogP contribution is 2.26. The van der Waals surface area contributed by atoms with Gasteiger partial charge in [0.05, 0.1) is 12.6 Å². The second-order valence-electron chi connectivity index (χ2n) is 10.2. The molecular formula is C32H39N3O. The van der Waals surface area contributed by atoms with E-state index in [0.29, 0.717) is 12.6 Å². The molecule has 36 heavy (non-hydrogen) atoms. The fourth-order valence-corrected chi connectivity index (χ4v) is 5.64. The molecule has 2 aromatic heterocycles. The molecule has 1 aliphatic rings. The number of unbranched alkanes of at least 4 members (excludes halogenated alkanes) is 2. The molecule has 1 aliphatic heterocycles. The normalized spacial score (nSPS) is 16.6. The van der Waals surface area contributed by atoms with Crippen LogP contribution in [0.25, 0.3) is 21.8 Å². The predicted octanol–water partition coefficient (Wildman–Crippen LogP) is 8.33. The zero-order valence-electron chi connectivity index (χ0n) is 21.8. The topological polar surface area (TPSA) is 53.2 Å². The number of rotatable bonds is 10. The minimum absolute atomic E-state index is 0.473. The van der Waals surface area contributed by atoms with E-state index in [9.17, 15) is 0 Å². The van der Waals surface area contributed by atoms with Crippen LogP contribution < -0.4 is 4.74 Å².